The fourth-order valence-electron chi connectivity index (χ4n) is 3.73. The van der Waals surface area contributed by atoms with Gasteiger partial charge in [0.15, 0.2) is 0 Å². The molecular formula is C31H27ClN2O3S. The highest BCUT2D eigenvalue weighted by Crippen LogP contribution is 2.38. The van der Waals surface area contributed by atoms with Crippen molar-refractivity contribution >= 4 is 52.6 Å². The van der Waals surface area contributed by atoms with Crippen LogP contribution >= 0.6 is 23.4 Å². The van der Waals surface area contributed by atoms with Crippen molar-refractivity contribution in [1.29, 1.82) is 0 Å². The smallest absolute Gasteiger partial charge is 0.248 e. The van der Waals surface area contributed by atoms with Crippen LogP contribution in [0, 0.1) is 6.92 Å². The van der Waals surface area contributed by atoms with Gasteiger partial charge in [-0.2, -0.15) is 0 Å². The number of amides is 2. The maximum atomic E-state index is 13.6. The summed E-state index contributed by atoms with van der Waals surface area (Å²) in [7, 11) is 1.54. The number of carbonyl (C=O) groups is 2. The average Bonchev–Trinajstić information content (AvgIpc) is 2.93. The van der Waals surface area contributed by atoms with Gasteiger partial charge in [-0.05, 0) is 54.0 Å². The van der Waals surface area contributed by atoms with Gasteiger partial charge in [0, 0.05) is 27.7 Å². The molecule has 0 aliphatic rings. The Hall–Kier alpha value is -4.00. The van der Waals surface area contributed by atoms with Gasteiger partial charge in [-0.15, -0.1) is 11.8 Å². The number of carbonyl (C=O) groups excluding carboxylic acids is 2. The monoisotopic (exact) mass is 542 g/mol. The van der Waals surface area contributed by atoms with Gasteiger partial charge in [0.25, 0.3) is 0 Å². The second-order valence-corrected chi connectivity index (χ2v) is 10.0. The lowest BCUT2D eigenvalue weighted by Crippen LogP contribution is -2.19. The lowest BCUT2D eigenvalue weighted by atomic mass is 10.1. The maximum Gasteiger partial charge on any atom is 0.248 e. The summed E-state index contributed by atoms with van der Waals surface area (Å²) in [6.45, 7) is 1.87. The van der Waals surface area contributed by atoms with Gasteiger partial charge in [0.1, 0.15) is 11.0 Å². The van der Waals surface area contributed by atoms with Crippen LogP contribution in [0.1, 0.15) is 21.9 Å². The summed E-state index contributed by atoms with van der Waals surface area (Å²) in [6, 6.07) is 30.1. The Kier molecular flexibility index (Phi) is 9.25. The maximum absolute atomic E-state index is 13.6. The van der Waals surface area contributed by atoms with E-state index in [2.05, 4.69) is 10.6 Å². The lowest BCUT2D eigenvalue weighted by molar-refractivity contribution is -0.116. The number of hydrogen-bond donors (Lipinski definition) is 2. The molecule has 0 radical (unpaired) electrons. The molecule has 0 aliphatic carbocycles. The van der Waals surface area contributed by atoms with Crippen LogP contribution in [0.25, 0.3) is 6.08 Å². The van der Waals surface area contributed by atoms with Gasteiger partial charge >= 0.3 is 0 Å². The van der Waals surface area contributed by atoms with Crippen molar-refractivity contribution in [3.63, 3.8) is 0 Å². The molecule has 0 spiro atoms. The van der Waals surface area contributed by atoms with E-state index in [1.807, 2.05) is 91.9 Å². The van der Waals surface area contributed by atoms with Gasteiger partial charge < -0.3 is 15.4 Å². The molecule has 4 rings (SSSR count). The number of halogens is 1. The Morgan fingerprint density at radius 2 is 1.61 bits per heavy atom. The van der Waals surface area contributed by atoms with Crippen LogP contribution in [0.5, 0.6) is 5.75 Å². The number of ether oxygens (including phenoxy) is 1. The van der Waals surface area contributed by atoms with Crippen LogP contribution < -0.4 is 15.4 Å². The van der Waals surface area contributed by atoms with E-state index < -0.39 is 5.25 Å². The van der Waals surface area contributed by atoms with Crippen LogP contribution in [-0.2, 0) is 9.59 Å². The van der Waals surface area contributed by atoms with E-state index in [9.17, 15) is 9.59 Å². The highest BCUT2D eigenvalue weighted by molar-refractivity contribution is 8.00. The Balaban J connectivity index is 1.53. The summed E-state index contributed by atoms with van der Waals surface area (Å²) in [5.41, 5.74) is 3.81. The molecule has 2 amide bonds. The molecule has 4 aromatic carbocycles. The molecule has 0 aromatic heterocycles. The third-order valence-electron chi connectivity index (χ3n) is 5.66. The lowest BCUT2D eigenvalue weighted by Gasteiger charge is -2.19. The molecule has 0 saturated heterocycles. The summed E-state index contributed by atoms with van der Waals surface area (Å²) in [5, 5.41) is 5.90. The predicted molar refractivity (Wildman–Crippen MR) is 157 cm³/mol. The normalized spacial score (nSPS) is 11.7. The van der Waals surface area contributed by atoms with Gasteiger partial charge in [0.2, 0.25) is 11.8 Å². The van der Waals surface area contributed by atoms with Crippen LogP contribution in [0.15, 0.2) is 108 Å². The highest BCUT2D eigenvalue weighted by atomic mass is 35.5. The number of anilines is 2. The summed E-state index contributed by atoms with van der Waals surface area (Å²) in [6.07, 6.45) is 3.26. The molecule has 38 heavy (non-hydrogen) atoms. The van der Waals surface area contributed by atoms with Gasteiger partial charge in [-0.1, -0.05) is 78.3 Å². The first-order chi connectivity index (χ1) is 18.4. The molecule has 5 nitrogen and oxygen atoms in total. The summed E-state index contributed by atoms with van der Waals surface area (Å²) < 4.78 is 5.43. The van der Waals surface area contributed by atoms with E-state index in [1.54, 1.807) is 18.2 Å². The number of thioether (sulfide) groups is 1. The first-order valence-electron chi connectivity index (χ1n) is 11.9. The van der Waals surface area contributed by atoms with Crippen molar-refractivity contribution < 1.29 is 14.3 Å². The SMILES string of the molecule is COc1cc(Cl)c(C)cc1NC(=O)C(Sc1cccc(NC(=O)/C=C/c2ccccc2)c1)c1ccccc1. The number of benzene rings is 4. The molecule has 0 heterocycles. The second-order valence-electron chi connectivity index (χ2n) is 8.46. The van der Waals surface area contributed by atoms with E-state index in [0.717, 1.165) is 21.6 Å². The first kappa shape index (κ1) is 27.0. The topological polar surface area (TPSA) is 67.4 Å². The summed E-state index contributed by atoms with van der Waals surface area (Å²) in [4.78, 5) is 26.9. The van der Waals surface area contributed by atoms with Gasteiger partial charge in [0.05, 0.1) is 12.8 Å². The van der Waals surface area contributed by atoms with Crippen molar-refractivity contribution in [1.82, 2.24) is 0 Å². The fraction of sp³-hybridized carbons (Fsp3) is 0.0968. The third-order valence-corrected chi connectivity index (χ3v) is 7.32. The number of nitrogens with one attached hydrogen (secondary N) is 2. The number of aryl methyl sites for hydroxylation is 1. The van der Waals surface area contributed by atoms with Gasteiger partial charge in [-0.25, -0.2) is 0 Å². The van der Waals surface area contributed by atoms with Crippen LogP contribution in [0.4, 0.5) is 11.4 Å². The minimum absolute atomic E-state index is 0.207. The molecule has 0 bridgehead atoms. The fourth-order valence-corrected chi connectivity index (χ4v) is 4.97. The number of rotatable bonds is 9. The van der Waals surface area contributed by atoms with Crippen LogP contribution in [0.3, 0.4) is 0 Å². The van der Waals surface area contributed by atoms with E-state index in [-0.39, 0.29) is 11.8 Å². The van der Waals surface area contributed by atoms with E-state index in [4.69, 9.17) is 16.3 Å². The number of methoxy groups -OCH3 is 1. The van der Waals surface area contributed by atoms with Crippen molar-refractivity contribution in [2.24, 2.45) is 0 Å². The zero-order valence-corrected chi connectivity index (χ0v) is 22.6. The predicted octanol–water partition coefficient (Wildman–Crippen LogP) is 7.78. The molecule has 1 unspecified atom stereocenters. The van der Waals surface area contributed by atoms with Crippen molar-refractivity contribution in [3.05, 3.63) is 125 Å². The average molecular weight is 543 g/mol. The molecule has 0 saturated carbocycles. The Labute approximate surface area is 231 Å². The Morgan fingerprint density at radius 1 is 0.895 bits per heavy atom. The van der Waals surface area contributed by atoms with Crippen molar-refractivity contribution in [3.8, 4) is 5.75 Å². The van der Waals surface area contributed by atoms with Crippen molar-refractivity contribution in [2.45, 2.75) is 17.1 Å². The highest BCUT2D eigenvalue weighted by Gasteiger charge is 2.24. The minimum atomic E-state index is -0.555. The molecule has 7 heteroatoms. The molecular weight excluding hydrogens is 516 g/mol. The third kappa shape index (κ3) is 7.28. The van der Waals surface area contributed by atoms with Crippen LogP contribution in [0.2, 0.25) is 5.02 Å². The van der Waals surface area contributed by atoms with E-state index in [1.165, 1.54) is 24.9 Å². The molecule has 0 fully saturated rings. The van der Waals surface area contributed by atoms with Crippen molar-refractivity contribution in [2.75, 3.05) is 17.7 Å². The zero-order valence-electron chi connectivity index (χ0n) is 21.0. The van der Waals surface area contributed by atoms with E-state index >= 15 is 0 Å². The van der Waals surface area contributed by atoms with Crippen LogP contribution in [-0.4, -0.2) is 18.9 Å². The Bertz CT molecular complexity index is 1440. The molecule has 2 N–H and O–H groups in total. The largest absolute Gasteiger partial charge is 0.495 e. The number of hydrogen-bond acceptors (Lipinski definition) is 4. The minimum Gasteiger partial charge on any atom is -0.495 e. The standard InChI is InChI=1S/C31H27ClN2O3S/c1-21-18-27(28(37-2)20-26(21)32)34-31(36)30(23-12-7-4-8-13-23)38-25-15-9-14-24(19-25)33-29(35)17-16-22-10-5-3-6-11-22/h3-20,30H,1-2H3,(H,33,35)(H,34,36)/b17-16+. The second kappa shape index (κ2) is 13.0. The van der Waals surface area contributed by atoms with Gasteiger partial charge in [-0.3, -0.25) is 9.59 Å². The zero-order chi connectivity index (χ0) is 26.9. The van der Waals surface area contributed by atoms with E-state index in [0.29, 0.717) is 22.1 Å². The molecule has 4 aromatic rings. The summed E-state index contributed by atoms with van der Waals surface area (Å²) in [5.74, 6) is 0.0408. The molecule has 192 valence electrons. The molecule has 0 aliphatic heterocycles. The summed E-state index contributed by atoms with van der Waals surface area (Å²) >= 11 is 7.63. The first-order valence-corrected chi connectivity index (χ1v) is 13.2. The quantitative estimate of drug-likeness (QED) is 0.167. The molecule has 1 atom stereocenters. The Morgan fingerprint density at radius 3 is 2.32 bits per heavy atom.